The number of hydrogen-bond donors (Lipinski definition) is 1. The Kier molecular flexibility index (Phi) is 4.99. The summed E-state index contributed by atoms with van der Waals surface area (Å²) in [7, 11) is 0. The molecule has 2 aromatic heterocycles. The van der Waals surface area contributed by atoms with Gasteiger partial charge in [0.05, 0.1) is 12.8 Å². The summed E-state index contributed by atoms with van der Waals surface area (Å²) in [6, 6.07) is 15.0. The standard InChI is InChI=1S/C21H18N2O4S/c1-14-5-2-3-7-19(14)26-13-17-9-8-15(27-17)11-18-20(24)23(21(28)22-18)12-16-6-4-10-25-16/h2-11H,12-13H2,1H3,(H,22,28)/b18-11+. The molecule has 0 saturated carbocycles. The average Bonchev–Trinajstić information content (AvgIpc) is 3.41. The van der Waals surface area contributed by atoms with Crippen LogP contribution in [0.15, 0.2) is 69.3 Å². The Morgan fingerprint density at radius 3 is 2.79 bits per heavy atom. The largest absolute Gasteiger partial charge is 0.485 e. The minimum atomic E-state index is -0.226. The van der Waals surface area contributed by atoms with Gasteiger partial charge in [0, 0.05) is 6.08 Å². The van der Waals surface area contributed by atoms with Gasteiger partial charge in [0.1, 0.15) is 35.3 Å². The minimum Gasteiger partial charge on any atom is -0.485 e. The van der Waals surface area contributed by atoms with Crippen LogP contribution in [0.25, 0.3) is 6.08 Å². The summed E-state index contributed by atoms with van der Waals surface area (Å²) in [6.45, 7) is 2.57. The van der Waals surface area contributed by atoms with Crippen LogP contribution >= 0.6 is 12.2 Å². The van der Waals surface area contributed by atoms with Crippen molar-refractivity contribution in [3.63, 3.8) is 0 Å². The lowest BCUT2D eigenvalue weighted by molar-refractivity contribution is -0.122. The van der Waals surface area contributed by atoms with E-state index >= 15 is 0 Å². The number of hydrogen-bond acceptors (Lipinski definition) is 5. The van der Waals surface area contributed by atoms with Crippen LogP contribution in [0, 0.1) is 6.92 Å². The van der Waals surface area contributed by atoms with Crippen molar-refractivity contribution in [3.8, 4) is 5.75 Å². The van der Waals surface area contributed by atoms with Crippen molar-refractivity contribution in [2.24, 2.45) is 0 Å². The summed E-state index contributed by atoms with van der Waals surface area (Å²) >= 11 is 5.26. The predicted molar refractivity (Wildman–Crippen MR) is 107 cm³/mol. The monoisotopic (exact) mass is 394 g/mol. The van der Waals surface area contributed by atoms with Gasteiger partial charge in [0.15, 0.2) is 5.11 Å². The topological polar surface area (TPSA) is 67.8 Å². The number of ether oxygens (including phenoxy) is 1. The number of benzene rings is 1. The van der Waals surface area contributed by atoms with E-state index in [9.17, 15) is 4.79 Å². The molecule has 3 aromatic rings. The smallest absolute Gasteiger partial charge is 0.277 e. The molecule has 0 spiro atoms. The zero-order valence-corrected chi connectivity index (χ0v) is 16.0. The minimum absolute atomic E-state index is 0.226. The lowest BCUT2D eigenvalue weighted by Gasteiger charge is -2.11. The van der Waals surface area contributed by atoms with E-state index in [0.717, 1.165) is 11.3 Å². The van der Waals surface area contributed by atoms with Crippen molar-refractivity contribution >= 4 is 29.3 Å². The van der Waals surface area contributed by atoms with Gasteiger partial charge in [-0.3, -0.25) is 9.69 Å². The maximum atomic E-state index is 12.6. The van der Waals surface area contributed by atoms with Gasteiger partial charge in [0.2, 0.25) is 0 Å². The van der Waals surface area contributed by atoms with E-state index in [1.54, 1.807) is 30.5 Å². The molecule has 1 aromatic carbocycles. The van der Waals surface area contributed by atoms with Gasteiger partial charge in [-0.2, -0.15) is 0 Å². The number of carbonyl (C=O) groups is 1. The Morgan fingerprint density at radius 2 is 2.00 bits per heavy atom. The highest BCUT2D eigenvalue weighted by Gasteiger charge is 2.31. The SMILES string of the molecule is Cc1ccccc1OCc1ccc(/C=C2/NC(=S)N(Cc3ccco3)C2=O)o1. The maximum absolute atomic E-state index is 12.6. The molecule has 1 amide bonds. The second-order valence-electron chi connectivity index (χ2n) is 6.32. The Morgan fingerprint density at radius 1 is 1.14 bits per heavy atom. The highest BCUT2D eigenvalue weighted by Crippen LogP contribution is 2.21. The molecule has 142 valence electrons. The number of rotatable bonds is 6. The van der Waals surface area contributed by atoms with Crippen molar-refractivity contribution in [1.82, 2.24) is 10.2 Å². The van der Waals surface area contributed by atoms with Crippen LogP contribution in [0.4, 0.5) is 0 Å². The van der Waals surface area contributed by atoms with Gasteiger partial charge in [-0.05, 0) is 55.0 Å². The molecule has 0 bridgehead atoms. The normalized spacial score (nSPS) is 15.3. The number of para-hydroxylation sites is 1. The van der Waals surface area contributed by atoms with Gasteiger partial charge in [-0.15, -0.1) is 0 Å². The van der Waals surface area contributed by atoms with Crippen LogP contribution < -0.4 is 10.1 Å². The summed E-state index contributed by atoms with van der Waals surface area (Å²) in [6.07, 6.45) is 3.19. The fraction of sp³-hybridized carbons (Fsp3) is 0.143. The second kappa shape index (κ2) is 7.74. The van der Waals surface area contributed by atoms with E-state index in [2.05, 4.69) is 5.32 Å². The summed E-state index contributed by atoms with van der Waals surface area (Å²) in [5.41, 5.74) is 1.42. The molecule has 1 saturated heterocycles. The lowest BCUT2D eigenvalue weighted by atomic mass is 10.2. The van der Waals surface area contributed by atoms with Crippen molar-refractivity contribution < 1.29 is 18.4 Å². The number of thiocarbonyl (C=S) groups is 1. The first-order valence-corrected chi connectivity index (χ1v) is 9.15. The zero-order chi connectivity index (χ0) is 19.5. The quantitative estimate of drug-likeness (QED) is 0.503. The van der Waals surface area contributed by atoms with Crippen LogP contribution in [0.2, 0.25) is 0 Å². The number of nitrogens with zero attached hydrogens (tertiary/aromatic N) is 1. The van der Waals surface area contributed by atoms with Crippen LogP contribution in [0.5, 0.6) is 5.75 Å². The Hall–Kier alpha value is -3.32. The molecule has 4 rings (SSSR count). The molecule has 0 unspecified atom stereocenters. The first-order valence-electron chi connectivity index (χ1n) is 8.74. The lowest BCUT2D eigenvalue weighted by Crippen LogP contribution is -2.29. The van der Waals surface area contributed by atoms with Crippen LogP contribution in [-0.4, -0.2) is 15.9 Å². The van der Waals surface area contributed by atoms with Crippen molar-refractivity contribution in [2.75, 3.05) is 0 Å². The van der Waals surface area contributed by atoms with Gasteiger partial charge >= 0.3 is 0 Å². The first-order chi connectivity index (χ1) is 13.6. The number of amides is 1. The number of aryl methyl sites for hydroxylation is 1. The van der Waals surface area contributed by atoms with E-state index in [0.29, 0.717) is 34.7 Å². The average molecular weight is 394 g/mol. The van der Waals surface area contributed by atoms with E-state index in [1.807, 2.05) is 37.3 Å². The highest BCUT2D eigenvalue weighted by atomic mass is 32.1. The van der Waals surface area contributed by atoms with Gasteiger partial charge in [-0.1, -0.05) is 18.2 Å². The molecule has 1 aliphatic rings. The van der Waals surface area contributed by atoms with Crippen molar-refractivity contribution in [2.45, 2.75) is 20.1 Å². The fourth-order valence-electron chi connectivity index (χ4n) is 2.83. The fourth-order valence-corrected chi connectivity index (χ4v) is 3.09. The molecule has 7 heteroatoms. The molecule has 6 nitrogen and oxygen atoms in total. The van der Waals surface area contributed by atoms with Crippen LogP contribution in [0.1, 0.15) is 22.8 Å². The van der Waals surface area contributed by atoms with E-state index in [4.69, 9.17) is 25.8 Å². The van der Waals surface area contributed by atoms with Gasteiger partial charge in [0.25, 0.3) is 5.91 Å². The van der Waals surface area contributed by atoms with Crippen molar-refractivity contribution in [3.05, 3.63) is 83.3 Å². The summed E-state index contributed by atoms with van der Waals surface area (Å²) in [5, 5.41) is 3.26. The number of nitrogens with one attached hydrogen (secondary N) is 1. The van der Waals surface area contributed by atoms with E-state index in [-0.39, 0.29) is 12.5 Å². The number of furan rings is 2. The van der Waals surface area contributed by atoms with E-state index < -0.39 is 0 Å². The molecule has 1 aliphatic heterocycles. The molecule has 1 N–H and O–H groups in total. The molecular weight excluding hydrogens is 376 g/mol. The third-order valence-corrected chi connectivity index (χ3v) is 4.61. The molecule has 0 aliphatic carbocycles. The Labute approximate surface area is 167 Å². The predicted octanol–water partition coefficient (Wildman–Crippen LogP) is 4.02. The molecular formula is C21H18N2O4S. The Bertz CT molecular complexity index is 1040. The summed E-state index contributed by atoms with van der Waals surface area (Å²) in [4.78, 5) is 14.1. The number of carbonyl (C=O) groups excluding carboxylic acids is 1. The molecule has 1 fully saturated rings. The molecule has 3 heterocycles. The molecule has 0 atom stereocenters. The third-order valence-electron chi connectivity index (χ3n) is 4.29. The first kappa shape index (κ1) is 18.1. The summed E-state index contributed by atoms with van der Waals surface area (Å²) < 4.78 is 16.8. The van der Waals surface area contributed by atoms with Crippen molar-refractivity contribution in [1.29, 1.82) is 0 Å². The Balaban J connectivity index is 1.42. The zero-order valence-electron chi connectivity index (χ0n) is 15.2. The van der Waals surface area contributed by atoms with Crippen LogP contribution in [0.3, 0.4) is 0 Å². The van der Waals surface area contributed by atoms with Gasteiger partial charge < -0.3 is 18.9 Å². The molecule has 0 radical (unpaired) electrons. The van der Waals surface area contributed by atoms with Gasteiger partial charge in [-0.25, -0.2) is 0 Å². The second-order valence-corrected chi connectivity index (χ2v) is 6.70. The third kappa shape index (κ3) is 3.84. The molecule has 28 heavy (non-hydrogen) atoms. The van der Waals surface area contributed by atoms with Crippen LogP contribution in [-0.2, 0) is 17.9 Å². The highest BCUT2D eigenvalue weighted by molar-refractivity contribution is 7.80. The summed E-state index contributed by atoms with van der Waals surface area (Å²) in [5.74, 6) is 2.45. The maximum Gasteiger partial charge on any atom is 0.277 e. The van der Waals surface area contributed by atoms with E-state index in [1.165, 1.54) is 4.90 Å².